The van der Waals surface area contributed by atoms with Crippen molar-refractivity contribution < 1.29 is 9.84 Å². The minimum atomic E-state index is -0.745. The average molecular weight is 289 g/mol. The van der Waals surface area contributed by atoms with Crippen molar-refractivity contribution in [1.82, 2.24) is 14.7 Å². The van der Waals surface area contributed by atoms with Crippen LogP contribution in [0.5, 0.6) is 5.75 Å². The summed E-state index contributed by atoms with van der Waals surface area (Å²) in [5.41, 5.74) is 2.63. The van der Waals surface area contributed by atoms with Gasteiger partial charge < -0.3 is 14.7 Å². The molecule has 0 aliphatic heterocycles. The topological polar surface area (TPSA) is 50.5 Å². The largest absolute Gasteiger partial charge is 0.493 e. The Hall–Kier alpha value is -1.85. The van der Waals surface area contributed by atoms with E-state index >= 15 is 0 Å². The lowest BCUT2D eigenvalue weighted by atomic mass is 10.0. The third-order valence-electron chi connectivity index (χ3n) is 3.57. The first kappa shape index (κ1) is 15.5. The van der Waals surface area contributed by atoms with Gasteiger partial charge in [-0.15, -0.1) is 0 Å². The smallest absolute Gasteiger partial charge is 0.163 e. The van der Waals surface area contributed by atoms with Crippen molar-refractivity contribution in [1.29, 1.82) is 0 Å². The van der Waals surface area contributed by atoms with Crippen LogP contribution in [-0.2, 0) is 6.54 Å². The summed E-state index contributed by atoms with van der Waals surface area (Å²) in [5, 5.41) is 15.1. The molecule has 1 heterocycles. The van der Waals surface area contributed by atoms with E-state index in [1.165, 1.54) is 0 Å². The number of methoxy groups -OCH3 is 1. The normalized spacial score (nSPS) is 12.7. The molecule has 21 heavy (non-hydrogen) atoms. The number of hydrogen-bond acceptors (Lipinski definition) is 4. The second-order valence-electron chi connectivity index (χ2n) is 5.38. The van der Waals surface area contributed by atoms with Crippen LogP contribution in [0.3, 0.4) is 0 Å². The Kier molecular flexibility index (Phi) is 4.98. The van der Waals surface area contributed by atoms with Gasteiger partial charge in [-0.2, -0.15) is 5.10 Å². The molecule has 5 nitrogen and oxygen atoms in total. The van der Waals surface area contributed by atoms with Crippen LogP contribution in [-0.4, -0.2) is 47.5 Å². The highest BCUT2D eigenvalue weighted by Crippen LogP contribution is 2.31. The molecule has 1 aromatic heterocycles. The van der Waals surface area contributed by atoms with E-state index in [0.717, 1.165) is 17.7 Å². The monoisotopic (exact) mass is 289 g/mol. The predicted octanol–water partition coefficient (Wildman–Crippen LogP) is 1.84. The van der Waals surface area contributed by atoms with Crippen molar-refractivity contribution in [2.75, 3.05) is 27.7 Å². The predicted molar refractivity (Wildman–Crippen MR) is 82.6 cm³/mol. The highest BCUT2D eigenvalue weighted by molar-refractivity contribution is 5.38. The van der Waals surface area contributed by atoms with Crippen LogP contribution in [0.2, 0.25) is 0 Å². The fourth-order valence-electron chi connectivity index (χ4n) is 2.32. The van der Waals surface area contributed by atoms with Crippen LogP contribution in [0.25, 0.3) is 0 Å². The van der Waals surface area contributed by atoms with Gasteiger partial charge in [-0.05, 0) is 32.1 Å². The second-order valence-corrected chi connectivity index (χ2v) is 5.38. The van der Waals surface area contributed by atoms with Gasteiger partial charge in [-0.3, -0.25) is 4.68 Å². The molecule has 0 aliphatic rings. The maximum atomic E-state index is 10.8. The lowest BCUT2D eigenvalue weighted by Crippen LogP contribution is -2.21. The summed E-state index contributed by atoms with van der Waals surface area (Å²) in [6.45, 7) is 3.54. The molecule has 114 valence electrons. The Morgan fingerprint density at radius 1 is 1.33 bits per heavy atom. The van der Waals surface area contributed by atoms with Crippen LogP contribution >= 0.6 is 0 Å². The summed E-state index contributed by atoms with van der Waals surface area (Å²) in [6.07, 6.45) is 0.915. The molecule has 0 spiro atoms. The number of ether oxygens (including phenoxy) is 1. The Morgan fingerprint density at radius 3 is 2.67 bits per heavy atom. The first-order valence-corrected chi connectivity index (χ1v) is 7.02. The van der Waals surface area contributed by atoms with Crippen LogP contribution in [0.1, 0.15) is 22.9 Å². The summed E-state index contributed by atoms with van der Waals surface area (Å²) in [5.74, 6) is 0.615. The first-order valence-electron chi connectivity index (χ1n) is 7.02. The maximum absolute atomic E-state index is 10.8. The van der Waals surface area contributed by atoms with E-state index in [1.807, 2.05) is 50.0 Å². The number of likely N-dealkylation sites (N-methyl/N-ethyl adjacent to an activating group) is 1. The summed E-state index contributed by atoms with van der Waals surface area (Å²) in [4.78, 5) is 2.08. The lowest BCUT2D eigenvalue weighted by Gasteiger charge is -2.18. The van der Waals surface area contributed by atoms with Crippen molar-refractivity contribution in [2.24, 2.45) is 0 Å². The molecule has 1 aromatic carbocycles. The van der Waals surface area contributed by atoms with Crippen LogP contribution < -0.4 is 4.74 Å². The van der Waals surface area contributed by atoms with Crippen molar-refractivity contribution in [2.45, 2.75) is 19.6 Å². The van der Waals surface area contributed by atoms with E-state index in [1.54, 1.807) is 13.3 Å². The van der Waals surface area contributed by atoms with Gasteiger partial charge in [0.05, 0.1) is 19.9 Å². The number of aliphatic hydroxyl groups excluding tert-OH is 1. The van der Waals surface area contributed by atoms with Crippen molar-refractivity contribution in [3.05, 3.63) is 47.3 Å². The molecular formula is C16H23N3O2. The van der Waals surface area contributed by atoms with E-state index in [0.29, 0.717) is 18.0 Å². The second kappa shape index (κ2) is 6.74. The number of nitrogens with zero attached hydrogens (tertiary/aromatic N) is 3. The van der Waals surface area contributed by atoms with Crippen molar-refractivity contribution in [3.8, 4) is 5.75 Å². The number of benzene rings is 1. The zero-order valence-corrected chi connectivity index (χ0v) is 13.1. The molecule has 2 aromatic rings. The summed E-state index contributed by atoms with van der Waals surface area (Å²) in [6, 6.07) is 7.82. The Labute approximate surface area is 125 Å². The lowest BCUT2D eigenvalue weighted by molar-refractivity contribution is 0.199. The first-order chi connectivity index (χ1) is 10.0. The van der Waals surface area contributed by atoms with Gasteiger partial charge in [-0.25, -0.2) is 0 Å². The van der Waals surface area contributed by atoms with Gasteiger partial charge >= 0.3 is 0 Å². The highest BCUT2D eigenvalue weighted by atomic mass is 16.5. The summed E-state index contributed by atoms with van der Waals surface area (Å²) < 4.78 is 7.17. The van der Waals surface area contributed by atoms with Gasteiger partial charge in [0.1, 0.15) is 11.8 Å². The molecule has 0 saturated carbocycles. The summed E-state index contributed by atoms with van der Waals surface area (Å²) in [7, 11) is 5.62. The Balaban J connectivity index is 2.36. The quantitative estimate of drug-likeness (QED) is 0.881. The highest BCUT2D eigenvalue weighted by Gasteiger charge is 2.22. The molecule has 2 rings (SSSR count). The number of aryl methyl sites for hydroxylation is 1. The molecule has 5 heteroatoms. The molecule has 0 amide bonds. The van der Waals surface area contributed by atoms with Gasteiger partial charge in [0, 0.05) is 6.54 Å². The zero-order chi connectivity index (χ0) is 15.4. The Bertz CT molecular complexity index is 593. The molecule has 0 bridgehead atoms. The molecule has 0 saturated heterocycles. The molecule has 1 N–H and O–H groups in total. The van der Waals surface area contributed by atoms with Crippen LogP contribution in [0.15, 0.2) is 30.5 Å². The van der Waals surface area contributed by atoms with Gasteiger partial charge in [0.2, 0.25) is 0 Å². The van der Waals surface area contributed by atoms with Gasteiger partial charge in [0.25, 0.3) is 0 Å². The molecular weight excluding hydrogens is 266 g/mol. The van der Waals surface area contributed by atoms with Gasteiger partial charge in [0.15, 0.2) is 5.75 Å². The third kappa shape index (κ3) is 3.43. The molecule has 1 atom stereocenters. The van der Waals surface area contributed by atoms with Gasteiger partial charge in [-0.1, -0.05) is 24.3 Å². The maximum Gasteiger partial charge on any atom is 0.163 e. The molecule has 0 fully saturated rings. The number of aromatic nitrogens is 2. The molecule has 1 unspecified atom stereocenters. The SMILES string of the molecule is COc1cnn(CCN(C)C)c1C(O)c1ccccc1C. The fraction of sp³-hybridized carbons (Fsp3) is 0.438. The number of rotatable bonds is 6. The minimum Gasteiger partial charge on any atom is -0.493 e. The Morgan fingerprint density at radius 2 is 2.05 bits per heavy atom. The fourth-order valence-corrected chi connectivity index (χ4v) is 2.32. The standard InChI is InChI=1S/C16H23N3O2/c1-12-7-5-6-8-13(12)16(20)15-14(21-4)11-17-19(15)10-9-18(2)3/h5-8,11,16,20H,9-10H2,1-4H3. The van der Waals surface area contributed by atoms with E-state index in [-0.39, 0.29) is 0 Å². The average Bonchev–Trinajstić information content (AvgIpc) is 2.87. The van der Waals surface area contributed by atoms with Crippen molar-refractivity contribution >= 4 is 0 Å². The molecule has 0 aliphatic carbocycles. The minimum absolute atomic E-state index is 0.615. The van der Waals surface area contributed by atoms with Crippen LogP contribution in [0, 0.1) is 6.92 Å². The van der Waals surface area contributed by atoms with E-state index in [4.69, 9.17) is 4.74 Å². The van der Waals surface area contributed by atoms with E-state index < -0.39 is 6.10 Å². The zero-order valence-electron chi connectivity index (χ0n) is 13.1. The van der Waals surface area contributed by atoms with E-state index in [2.05, 4.69) is 10.00 Å². The molecule has 0 radical (unpaired) electrons. The number of hydrogen-bond donors (Lipinski definition) is 1. The van der Waals surface area contributed by atoms with E-state index in [9.17, 15) is 5.11 Å². The van der Waals surface area contributed by atoms with Crippen LogP contribution in [0.4, 0.5) is 0 Å². The van der Waals surface area contributed by atoms with Crippen molar-refractivity contribution in [3.63, 3.8) is 0 Å². The number of aliphatic hydroxyl groups is 1. The summed E-state index contributed by atoms with van der Waals surface area (Å²) >= 11 is 0. The third-order valence-corrected chi connectivity index (χ3v) is 3.57.